The Kier molecular flexibility index (Phi) is 4.26. The van der Waals surface area contributed by atoms with Crippen LogP contribution >= 0.6 is 11.8 Å². The van der Waals surface area contributed by atoms with Gasteiger partial charge < -0.3 is 0 Å². The molecule has 1 saturated heterocycles. The van der Waals surface area contributed by atoms with Crippen molar-refractivity contribution in [3.8, 4) is 6.07 Å². The van der Waals surface area contributed by atoms with E-state index in [1.807, 2.05) is 23.9 Å². The number of hydrogen-bond donors (Lipinski definition) is 0. The third kappa shape index (κ3) is 3.47. The average Bonchev–Trinajstić information content (AvgIpc) is 2.52. The van der Waals surface area contributed by atoms with Gasteiger partial charge in [0.2, 0.25) is 0 Å². The lowest BCUT2D eigenvalue weighted by atomic mass is 10.1. The fourth-order valence-corrected chi connectivity index (χ4v) is 3.27. The van der Waals surface area contributed by atoms with Gasteiger partial charge in [-0.05, 0) is 19.0 Å². The van der Waals surface area contributed by atoms with Crippen molar-refractivity contribution in [2.45, 2.75) is 31.6 Å². The molecular weight excluding hydrogens is 242 g/mol. The number of nitrogens with zero attached hydrogens (tertiary/aromatic N) is 3. The molecule has 18 heavy (non-hydrogen) atoms. The van der Waals surface area contributed by atoms with Crippen molar-refractivity contribution < 1.29 is 0 Å². The molecule has 1 aliphatic rings. The summed E-state index contributed by atoms with van der Waals surface area (Å²) in [4.78, 5) is 6.55. The SMILES string of the molecule is CC1(C)CCN(Cc2cccnc2C#N)CCS1. The maximum absolute atomic E-state index is 9.05. The summed E-state index contributed by atoms with van der Waals surface area (Å²) in [5.41, 5.74) is 1.61. The van der Waals surface area contributed by atoms with Gasteiger partial charge in [0.15, 0.2) is 0 Å². The van der Waals surface area contributed by atoms with Gasteiger partial charge in [-0.3, -0.25) is 4.90 Å². The van der Waals surface area contributed by atoms with Crippen LogP contribution in [-0.4, -0.2) is 33.5 Å². The third-order valence-corrected chi connectivity index (χ3v) is 4.69. The summed E-state index contributed by atoms with van der Waals surface area (Å²) < 4.78 is 0.377. The second kappa shape index (κ2) is 5.73. The molecule has 1 aromatic rings. The molecule has 2 rings (SSSR count). The van der Waals surface area contributed by atoms with Crippen molar-refractivity contribution >= 4 is 11.8 Å². The second-order valence-corrected chi connectivity index (χ2v) is 7.06. The molecule has 1 fully saturated rings. The van der Waals surface area contributed by atoms with Gasteiger partial charge in [0, 0.05) is 35.3 Å². The Morgan fingerprint density at radius 2 is 2.33 bits per heavy atom. The van der Waals surface area contributed by atoms with Gasteiger partial charge in [0.05, 0.1) is 0 Å². The Morgan fingerprint density at radius 1 is 1.50 bits per heavy atom. The molecule has 4 heteroatoms. The summed E-state index contributed by atoms with van der Waals surface area (Å²) >= 11 is 2.04. The molecule has 0 saturated carbocycles. The average molecular weight is 261 g/mol. The van der Waals surface area contributed by atoms with E-state index in [0.717, 1.165) is 31.0 Å². The smallest absolute Gasteiger partial charge is 0.144 e. The molecule has 0 amide bonds. The Labute approximate surface area is 113 Å². The highest BCUT2D eigenvalue weighted by atomic mass is 32.2. The number of nitriles is 1. The monoisotopic (exact) mass is 261 g/mol. The van der Waals surface area contributed by atoms with Gasteiger partial charge in [0.1, 0.15) is 11.8 Å². The van der Waals surface area contributed by atoms with Gasteiger partial charge in [-0.15, -0.1) is 0 Å². The van der Waals surface area contributed by atoms with Gasteiger partial charge in [0.25, 0.3) is 0 Å². The Bertz CT molecular complexity index is 451. The van der Waals surface area contributed by atoms with Crippen molar-refractivity contribution in [3.63, 3.8) is 0 Å². The zero-order chi connectivity index (χ0) is 13.0. The number of thioether (sulfide) groups is 1. The van der Waals surface area contributed by atoms with E-state index in [9.17, 15) is 0 Å². The Hall–Kier alpha value is -1.05. The van der Waals surface area contributed by atoms with Crippen molar-refractivity contribution in [1.29, 1.82) is 5.26 Å². The lowest BCUT2D eigenvalue weighted by molar-refractivity contribution is 0.276. The maximum atomic E-state index is 9.05. The molecule has 0 N–H and O–H groups in total. The van der Waals surface area contributed by atoms with Gasteiger partial charge in [-0.25, -0.2) is 4.98 Å². The third-order valence-electron chi connectivity index (χ3n) is 3.32. The number of hydrogen-bond acceptors (Lipinski definition) is 4. The van der Waals surface area contributed by atoms with Gasteiger partial charge in [-0.2, -0.15) is 17.0 Å². The van der Waals surface area contributed by atoms with Crippen molar-refractivity contribution in [2.75, 3.05) is 18.8 Å². The predicted molar refractivity (Wildman–Crippen MR) is 75.4 cm³/mol. The summed E-state index contributed by atoms with van der Waals surface area (Å²) in [6.07, 6.45) is 2.88. The molecule has 3 nitrogen and oxygen atoms in total. The van der Waals surface area contributed by atoms with E-state index in [-0.39, 0.29) is 0 Å². The molecule has 1 aromatic heterocycles. The molecular formula is C14H19N3S. The molecule has 0 aliphatic carbocycles. The minimum absolute atomic E-state index is 0.377. The van der Waals surface area contributed by atoms with E-state index >= 15 is 0 Å². The molecule has 0 atom stereocenters. The molecule has 0 bridgehead atoms. The van der Waals surface area contributed by atoms with E-state index in [4.69, 9.17) is 5.26 Å². The van der Waals surface area contributed by atoms with E-state index in [0.29, 0.717) is 10.4 Å². The lowest BCUT2D eigenvalue weighted by Crippen LogP contribution is -2.27. The van der Waals surface area contributed by atoms with Gasteiger partial charge >= 0.3 is 0 Å². The van der Waals surface area contributed by atoms with Crippen molar-refractivity contribution in [1.82, 2.24) is 9.88 Å². The van der Waals surface area contributed by atoms with Crippen LogP contribution in [0.2, 0.25) is 0 Å². The molecule has 0 aromatic carbocycles. The summed E-state index contributed by atoms with van der Waals surface area (Å²) in [6, 6.07) is 6.09. The highest BCUT2D eigenvalue weighted by Gasteiger charge is 2.23. The van der Waals surface area contributed by atoms with Crippen LogP contribution in [-0.2, 0) is 6.54 Å². The summed E-state index contributed by atoms with van der Waals surface area (Å²) in [7, 11) is 0. The number of aromatic nitrogens is 1. The Balaban J connectivity index is 2.04. The Morgan fingerprint density at radius 3 is 3.11 bits per heavy atom. The second-order valence-electron chi connectivity index (χ2n) is 5.26. The van der Waals surface area contributed by atoms with Crippen LogP contribution < -0.4 is 0 Å². The normalized spacial score (nSPS) is 20.1. The fraction of sp³-hybridized carbons (Fsp3) is 0.571. The lowest BCUT2D eigenvalue weighted by Gasteiger charge is -2.22. The molecule has 2 heterocycles. The number of rotatable bonds is 2. The van der Waals surface area contributed by atoms with Crippen molar-refractivity contribution in [2.24, 2.45) is 0 Å². The largest absolute Gasteiger partial charge is 0.298 e. The standard InChI is InChI=1S/C14H19N3S/c1-14(2)5-7-17(8-9-18-14)11-12-4-3-6-16-13(12)10-15/h3-4,6H,5,7-9,11H2,1-2H3. The maximum Gasteiger partial charge on any atom is 0.144 e. The molecule has 96 valence electrons. The minimum atomic E-state index is 0.377. The molecule has 1 aliphatic heterocycles. The first-order chi connectivity index (χ1) is 8.61. The first kappa shape index (κ1) is 13.4. The van der Waals surface area contributed by atoms with E-state index in [2.05, 4.69) is 29.8 Å². The summed E-state index contributed by atoms with van der Waals surface area (Å²) in [6.45, 7) is 7.65. The van der Waals surface area contributed by atoms with Gasteiger partial charge in [-0.1, -0.05) is 19.9 Å². The summed E-state index contributed by atoms with van der Waals surface area (Å²) in [5.74, 6) is 1.16. The first-order valence-corrected chi connectivity index (χ1v) is 7.29. The van der Waals surface area contributed by atoms with Crippen LogP contribution in [0, 0.1) is 11.3 Å². The quantitative estimate of drug-likeness (QED) is 0.820. The van der Waals surface area contributed by atoms with Crippen LogP contribution in [0.1, 0.15) is 31.5 Å². The highest BCUT2D eigenvalue weighted by molar-refractivity contribution is 8.00. The highest BCUT2D eigenvalue weighted by Crippen LogP contribution is 2.31. The predicted octanol–water partition coefficient (Wildman–Crippen LogP) is 2.67. The number of pyridine rings is 1. The molecule has 0 unspecified atom stereocenters. The van der Waals surface area contributed by atoms with Crippen LogP contribution in [0.25, 0.3) is 0 Å². The topological polar surface area (TPSA) is 39.9 Å². The molecule has 0 spiro atoms. The van der Waals surface area contributed by atoms with Crippen LogP contribution in [0.3, 0.4) is 0 Å². The van der Waals surface area contributed by atoms with E-state index < -0.39 is 0 Å². The molecule has 0 radical (unpaired) electrons. The zero-order valence-corrected chi connectivity index (χ0v) is 11.8. The van der Waals surface area contributed by atoms with Crippen LogP contribution in [0.4, 0.5) is 0 Å². The zero-order valence-electron chi connectivity index (χ0n) is 11.0. The van der Waals surface area contributed by atoms with Crippen LogP contribution in [0.15, 0.2) is 18.3 Å². The van der Waals surface area contributed by atoms with E-state index in [1.54, 1.807) is 6.20 Å². The fourth-order valence-electron chi connectivity index (χ4n) is 2.13. The minimum Gasteiger partial charge on any atom is -0.298 e. The van der Waals surface area contributed by atoms with Crippen LogP contribution in [0.5, 0.6) is 0 Å². The first-order valence-electron chi connectivity index (χ1n) is 6.31. The summed E-state index contributed by atoms with van der Waals surface area (Å²) in [5, 5.41) is 9.05. The van der Waals surface area contributed by atoms with E-state index in [1.165, 1.54) is 6.42 Å². The van der Waals surface area contributed by atoms with Crippen molar-refractivity contribution in [3.05, 3.63) is 29.6 Å².